The van der Waals surface area contributed by atoms with E-state index in [0.717, 1.165) is 32.5 Å². The van der Waals surface area contributed by atoms with Gasteiger partial charge in [0, 0.05) is 5.02 Å². The number of carbonyl (C=O) groups is 2. The third-order valence-corrected chi connectivity index (χ3v) is 8.83. The van der Waals surface area contributed by atoms with Crippen molar-refractivity contribution < 1.29 is 19.1 Å². The summed E-state index contributed by atoms with van der Waals surface area (Å²) in [7, 11) is 0. The van der Waals surface area contributed by atoms with Gasteiger partial charge in [0.15, 0.2) is 11.5 Å². The van der Waals surface area contributed by atoms with E-state index in [2.05, 4.69) is 39.8 Å². The van der Waals surface area contributed by atoms with Gasteiger partial charge in [-0.05, 0) is 95.0 Å². The Morgan fingerprint density at radius 2 is 1.74 bits per heavy atom. The predicted octanol–water partition coefficient (Wildman–Crippen LogP) is 5.45. The fourth-order valence-corrected chi connectivity index (χ4v) is 7.01. The monoisotopic (exact) mass is 602 g/mol. The summed E-state index contributed by atoms with van der Waals surface area (Å²) in [5, 5.41) is 6.12. The molecule has 0 aromatic heterocycles. The SMILES string of the molecule is CCOc1cc(/C=N\N2C(=O)[C@H]3[C@H](C2=O)[C@H]2C=C[C@H]3C23CC3)cc(I)c1OCc1ccc(Cl)cc1. The molecule has 2 aromatic rings. The van der Waals surface area contributed by atoms with Crippen LogP contribution in [0, 0.1) is 32.7 Å². The molecule has 8 heteroatoms. The van der Waals surface area contributed by atoms with E-state index in [-0.39, 0.29) is 40.9 Å². The van der Waals surface area contributed by atoms with Gasteiger partial charge < -0.3 is 9.47 Å². The molecule has 0 unspecified atom stereocenters. The normalized spacial score (nSPS) is 27.3. The lowest BCUT2D eigenvalue weighted by molar-refractivity contribution is -0.141. The molecule has 6 rings (SSSR count). The second-order valence-corrected chi connectivity index (χ2v) is 11.2. The number of allylic oxidation sites excluding steroid dienone is 2. The molecule has 3 fully saturated rings. The molecule has 180 valence electrons. The van der Waals surface area contributed by atoms with Crippen LogP contribution in [0.25, 0.3) is 0 Å². The number of imide groups is 1. The van der Waals surface area contributed by atoms with Gasteiger partial charge in [0.2, 0.25) is 0 Å². The lowest BCUT2D eigenvalue weighted by atomic mass is 9.85. The minimum absolute atomic E-state index is 0.165. The van der Waals surface area contributed by atoms with Crippen LogP contribution < -0.4 is 9.47 Å². The summed E-state index contributed by atoms with van der Waals surface area (Å²) in [6.45, 7) is 2.75. The molecular formula is C27H24ClIN2O4. The van der Waals surface area contributed by atoms with Gasteiger partial charge in [-0.3, -0.25) is 9.59 Å². The topological polar surface area (TPSA) is 68.2 Å². The van der Waals surface area contributed by atoms with E-state index in [1.54, 1.807) is 6.21 Å². The maximum absolute atomic E-state index is 13.2. The standard InChI is InChI=1S/C27H24ClIN2O4/c1-2-34-21-12-16(11-20(29)24(21)35-14-15-3-5-17(28)6-4-15)13-30-31-25(32)22-18-7-8-19(23(22)26(31)33)27(18)9-10-27/h3-8,11-13,18-19,22-23H,2,9-10,14H2,1H3/b30-13-/t18-,19-,22-,23-/m1/s1. The average molecular weight is 603 g/mol. The third-order valence-electron chi connectivity index (χ3n) is 7.78. The fraction of sp³-hybridized carbons (Fsp3) is 0.370. The highest BCUT2D eigenvalue weighted by atomic mass is 127. The second kappa shape index (κ2) is 8.62. The molecule has 4 atom stereocenters. The van der Waals surface area contributed by atoms with E-state index in [0.29, 0.717) is 29.7 Å². The second-order valence-electron chi connectivity index (χ2n) is 9.63. The lowest BCUT2D eigenvalue weighted by Crippen LogP contribution is -2.30. The van der Waals surface area contributed by atoms with Crippen molar-refractivity contribution in [1.29, 1.82) is 0 Å². The summed E-state index contributed by atoms with van der Waals surface area (Å²) in [4.78, 5) is 26.3. The third kappa shape index (κ3) is 3.69. The Bertz CT molecular complexity index is 1240. The zero-order valence-corrected chi connectivity index (χ0v) is 22.0. The Morgan fingerprint density at radius 1 is 1.09 bits per heavy atom. The summed E-state index contributed by atoms with van der Waals surface area (Å²) in [6.07, 6.45) is 8.13. The number of ether oxygens (including phenoxy) is 2. The predicted molar refractivity (Wildman–Crippen MR) is 140 cm³/mol. The maximum atomic E-state index is 13.2. The van der Waals surface area contributed by atoms with Crippen molar-refractivity contribution in [3.63, 3.8) is 0 Å². The van der Waals surface area contributed by atoms with Crippen LogP contribution >= 0.6 is 34.2 Å². The summed E-state index contributed by atoms with van der Waals surface area (Å²) < 4.78 is 12.8. The van der Waals surface area contributed by atoms with Gasteiger partial charge in [0.1, 0.15) is 6.61 Å². The zero-order valence-electron chi connectivity index (χ0n) is 19.1. The average Bonchev–Trinajstić information content (AvgIpc) is 3.44. The lowest BCUT2D eigenvalue weighted by Gasteiger charge is -2.18. The van der Waals surface area contributed by atoms with Crippen molar-refractivity contribution in [3.05, 3.63) is 68.3 Å². The molecule has 1 saturated heterocycles. The maximum Gasteiger partial charge on any atom is 0.254 e. The smallest absolute Gasteiger partial charge is 0.254 e. The van der Waals surface area contributed by atoms with Crippen molar-refractivity contribution in [1.82, 2.24) is 5.01 Å². The van der Waals surface area contributed by atoms with Crippen LogP contribution in [-0.4, -0.2) is 29.6 Å². The van der Waals surface area contributed by atoms with Crippen molar-refractivity contribution in [3.8, 4) is 11.5 Å². The van der Waals surface area contributed by atoms with Crippen molar-refractivity contribution in [2.45, 2.75) is 26.4 Å². The first kappa shape index (κ1) is 23.0. The highest BCUT2D eigenvalue weighted by Gasteiger charge is 2.73. The molecule has 0 N–H and O–H groups in total. The molecule has 4 aliphatic rings. The van der Waals surface area contributed by atoms with E-state index >= 15 is 0 Å². The Labute approximate surface area is 222 Å². The van der Waals surface area contributed by atoms with Crippen LogP contribution in [0.15, 0.2) is 53.7 Å². The molecule has 0 radical (unpaired) electrons. The van der Waals surface area contributed by atoms with E-state index in [1.165, 1.54) is 0 Å². The molecule has 6 nitrogen and oxygen atoms in total. The molecule has 3 aliphatic carbocycles. The summed E-state index contributed by atoms with van der Waals surface area (Å²) in [5.74, 6) is 0.779. The molecule has 2 amide bonds. The molecule has 1 aliphatic heterocycles. The van der Waals surface area contributed by atoms with Gasteiger partial charge in [0.05, 0.1) is 28.2 Å². The fourth-order valence-electron chi connectivity index (χ4n) is 6.10. The molecule has 2 saturated carbocycles. The minimum Gasteiger partial charge on any atom is -0.490 e. The first-order valence-electron chi connectivity index (χ1n) is 11.9. The number of benzene rings is 2. The van der Waals surface area contributed by atoms with E-state index in [1.807, 2.05) is 43.3 Å². The Kier molecular flexibility index (Phi) is 5.67. The van der Waals surface area contributed by atoms with Gasteiger partial charge in [-0.25, -0.2) is 0 Å². The van der Waals surface area contributed by atoms with Crippen molar-refractivity contribution in [2.24, 2.45) is 34.2 Å². The van der Waals surface area contributed by atoms with Crippen molar-refractivity contribution >= 4 is 52.2 Å². The van der Waals surface area contributed by atoms with Crippen LogP contribution in [0.4, 0.5) is 0 Å². The number of fused-ring (bicyclic) bond motifs is 3. The van der Waals surface area contributed by atoms with Crippen molar-refractivity contribution in [2.75, 3.05) is 6.61 Å². The summed E-state index contributed by atoms with van der Waals surface area (Å²) in [6, 6.07) is 11.2. The van der Waals surface area contributed by atoms with E-state index < -0.39 is 0 Å². The highest BCUT2D eigenvalue weighted by molar-refractivity contribution is 14.1. The Hall–Kier alpha value is -2.39. The molecular weight excluding hydrogens is 579 g/mol. The van der Waals surface area contributed by atoms with Crippen LogP contribution in [-0.2, 0) is 16.2 Å². The number of amides is 2. The number of nitrogens with zero attached hydrogens (tertiary/aromatic N) is 2. The van der Waals surface area contributed by atoms with Crippen LogP contribution in [0.5, 0.6) is 11.5 Å². The van der Waals surface area contributed by atoms with E-state index in [4.69, 9.17) is 21.1 Å². The van der Waals surface area contributed by atoms with Gasteiger partial charge >= 0.3 is 0 Å². The number of hydrogen-bond donors (Lipinski definition) is 0. The molecule has 35 heavy (non-hydrogen) atoms. The summed E-state index contributed by atoms with van der Waals surface area (Å²) >= 11 is 8.17. The zero-order chi connectivity index (χ0) is 24.3. The Morgan fingerprint density at radius 3 is 2.34 bits per heavy atom. The Balaban J connectivity index is 1.21. The first-order chi connectivity index (χ1) is 16.9. The van der Waals surface area contributed by atoms with Gasteiger partial charge in [-0.15, -0.1) is 0 Å². The van der Waals surface area contributed by atoms with Crippen LogP contribution in [0.2, 0.25) is 5.02 Å². The largest absolute Gasteiger partial charge is 0.490 e. The molecule has 1 heterocycles. The quantitative estimate of drug-likeness (QED) is 0.183. The van der Waals surface area contributed by atoms with Gasteiger partial charge in [0.25, 0.3) is 11.8 Å². The number of hydrogen-bond acceptors (Lipinski definition) is 5. The van der Waals surface area contributed by atoms with Gasteiger partial charge in [-0.1, -0.05) is 35.9 Å². The number of rotatable bonds is 7. The number of carbonyl (C=O) groups excluding carboxylic acids is 2. The van der Waals surface area contributed by atoms with E-state index in [9.17, 15) is 9.59 Å². The van der Waals surface area contributed by atoms with Crippen LogP contribution in [0.1, 0.15) is 30.9 Å². The molecule has 2 bridgehead atoms. The van der Waals surface area contributed by atoms with Gasteiger partial charge in [-0.2, -0.15) is 10.1 Å². The number of halogens is 2. The molecule has 2 aromatic carbocycles. The summed E-state index contributed by atoms with van der Waals surface area (Å²) in [5.41, 5.74) is 1.90. The number of hydrazone groups is 1. The van der Waals surface area contributed by atoms with Crippen LogP contribution in [0.3, 0.4) is 0 Å². The first-order valence-corrected chi connectivity index (χ1v) is 13.3. The highest BCUT2D eigenvalue weighted by Crippen LogP contribution is 2.73. The minimum atomic E-state index is -0.250. The molecule has 1 spiro atoms.